The summed E-state index contributed by atoms with van der Waals surface area (Å²) in [5.74, 6) is 0.0112. The van der Waals surface area contributed by atoms with Crippen LogP contribution in [-0.4, -0.2) is 63.8 Å². The van der Waals surface area contributed by atoms with Gasteiger partial charge in [-0.05, 0) is 58.9 Å². The van der Waals surface area contributed by atoms with Crippen molar-refractivity contribution in [3.8, 4) is 0 Å². The fourth-order valence-corrected chi connectivity index (χ4v) is 5.93. The number of thiocarbonyl (C=S) groups is 1. The minimum atomic E-state index is -1.67. The summed E-state index contributed by atoms with van der Waals surface area (Å²) in [5, 5.41) is 5.86. The molecule has 3 N–H and O–H groups in total. The molecule has 1 amide bonds. The molecule has 0 spiro atoms. The highest BCUT2D eigenvalue weighted by Crippen LogP contribution is 2.49. The second-order valence-corrected chi connectivity index (χ2v) is 10.9. The molecule has 10 nitrogen and oxygen atoms in total. The number of rotatable bonds is 12. The largest absolute Gasteiger partial charge is 0.460 e. The summed E-state index contributed by atoms with van der Waals surface area (Å²) < 4.78 is 35.6. The van der Waals surface area contributed by atoms with Crippen LogP contribution in [0, 0.1) is 0 Å². The van der Waals surface area contributed by atoms with Crippen molar-refractivity contribution in [3.63, 3.8) is 0 Å². The number of carbonyl (C=O) groups excluding carboxylic acids is 1. The number of benzene rings is 1. The van der Waals surface area contributed by atoms with Crippen LogP contribution in [0.5, 0.6) is 0 Å². The van der Waals surface area contributed by atoms with Gasteiger partial charge in [-0.15, -0.1) is 6.58 Å². The van der Waals surface area contributed by atoms with E-state index in [1.807, 2.05) is 30.3 Å². The van der Waals surface area contributed by atoms with Crippen LogP contribution in [0.1, 0.15) is 36.0 Å². The standard InChI is InChI=1S/C26H38N5O5PS/c1-8-15-27-36-37(31(17(2)3)18(4)5)35-23-19(6)33-25(30-16-14-22(32)28-20(30)7)24(23)34-26(38)29-21-12-10-9-11-13-21/h8-14,16-19,23-25,27H,1,7,15H2,2-6H3,(H,28,32)(H,29,38)/t19-,23+,24?,25-,37?/m1/s1/i6D. The van der Waals surface area contributed by atoms with Gasteiger partial charge in [0.2, 0.25) is 0 Å². The summed E-state index contributed by atoms with van der Waals surface area (Å²) in [5.41, 5.74) is 3.66. The number of nitrogens with zero attached hydrogens (tertiary/aromatic N) is 2. The second-order valence-electron chi connectivity index (χ2n) is 9.19. The molecule has 0 bridgehead atoms. The van der Waals surface area contributed by atoms with Crippen molar-refractivity contribution < 1.29 is 24.8 Å². The molecule has 2 heterocycles. The van der Waals surface area contributed by atoms with Crippen molar-refractivity contribution in [2.75, 3.05) is 11.9 Å². The summed E-state index contributed by atoms with van der Waals surface area (Å²) in [7, 11) is -1.67. The molecule has 1 fully saturated rings. The summed E-state index contributed by atoms with van der Waals surface area (Å²) in [6, 6.07) is 9.58. The lowest BCUT2D eigenvalue weighted by Crippen LogP contribution is -2.49. The van der Waals surface area contributed by atoms with Gasteiger partial charge >= 0.3 is 0 Å². The lowest BCUT2D eigenvalue weighted by atomic mass is 10.1. The van der Waals surface area contributed by atoms with E-state index < -0.39 is 33.1 Å². The Morgan fingerprint density at radius 2 is 2.03 bits per heavy atom. The molecule has 2 aliphatic rings. The summed E-state index contributed by atoms with van der Waals surface area (Å²) in [6.45, 7) is 16.2. The Labute approximate surface area is 233 Å². The molecule has 1 aromatic carbocycles. The van der Waals surface area contributed by atoms with E-state index in [4.69, 9.17) is 32.2 Å². The number of hydrogen-bond donors (Lipinski definition) is 3. The third kappa shape index (κ3) is 7.83. The number of para-hydroxylation sites is 1. The zero-order valence-corrected chi connectivity index (χ0v) is 23.9. The SMILES string of the molecule is [2H]C[C@H]1O[C@@H](N2C=CC(=O)NC2=C)C(OC(=S)Nc2ccccc2)[C@H]1OP(ONCC=C)N(C(C)C)C(C)C. The van der Waals surface area contributed by atoms with E-state index in [0.29, 0.717) is 12.4 Å². The molecule has 2 aliphatic heterocycles. The average molecular weight is 565 g/mol. The zero-order chi connectivity index (χ0) is 28.5. The first-order valence-corrected chi connectivity index (χ1v) is 13.9. The van der Waals surface area contributed by atoms with Gasteiger partial charge in [0, 0.05) is 38.0 Å². The van der Waals surface area contributed by atoms with Gasteiger partial charge in [-0.2, -0.15) is 5.48 Å². The molecule has 1 saturated heterocycles. The molecule has 1 aromatic rings. The number of amides is 1. The molecule has 2 unspecified atom stereocenters. The number of anilines is 1. The number of nitrogens with one attached hydrogen (secondary N) is 3. The Kier molecular flexibility index (Phi) is 10.7. The maximum atomic E-state index is 11.9. The molecule has 5 atom stereocenters. The van der Waals surface area contributed by atoms with Crippen molar-refractivity contribution >= 4 is 37.5 Å². The summed E-state index contributed by atoms with van der Waals surface area (Å²) >= 11 is 5.56. The van der Waals surface area contributed by atoms with E-state index in [9.17, 15) is 4.79 Å². The van der Waals surface area contributed by atoms with Crippen molar-refractivity contribution in [1.82, 2.24) is 20.4 Å². The molecular formula is C26H38N5O5PS. The normalized spacial score (nSPS) is 24.5. The highest BCUT2D eigenvalue weighted by Gasteiger charge is 2.51. The van der Waals surface area contributed by atoms with Crippen LogP contribution in [0.25, 0.3) is 0 Å². The number of hydroxylamine groups is 1. The fourth-order valence-electron chi connectivity index (χ4n) is 4.05. The van der Waals surface area contributed by atoms with Crippen LogP contribution >= 0.6 is 20.7 Å². The maximum Gasteiger partial charge on any atom is 0.277 e. The van der Waals surface area contributed by atoms with Crippen LogP contribution in [0.15, 0.2) is 67.7 Å². The van der Waals surface area contributed by atoms with Gasteiger partial charge in [-0.3, -0.25) is 4.79 Å². The van der Waals surface area contributed by atoms with Crippen molar-refractivity contribution in [1.29, 1.82) is 0 Å². The third-order valence-electron chi connectivity index (χ3n) is 5.62. The minimum absolute atomic E-state index is 0.0921. The molecule has 0 aliphatic carbocycles. The van der Waals surface area contributed by atoms with E-state index in [0.717, 1.165) is 5.69 Å². The number of hydrogen-bond acceptors (Lipinski definition) is 9. The van der Waals surface area contributed by atoms with Crippen molar-refractivity contribution in [2.24, 2.45) is 0 Å². The Morgan fingerprint density at radius 1 is 1.32 bits per heavy atom. The smallest absolute Gasteiger partial charge is 0.277 e. The summed E-state index contributed by atoms with van der Waals surface area (Å²) in [6.07, 6.45) is 1.58. The molecule has 0 aromatic heterocycles. The summed E-state index contributed by atoms with van der Waals surface area (Å²) in [4.78, 5) is 13.5. The van der Waals surface area contributed by atoms with E-state index >= 15 is 0 Å². The van der Waals surface area contributed by atoms with Gasteiger partial charge in [0.15, 0.2) is 12.3 Å². The van der Waals surface area contributed by atoms with E-state index in [1.54, 1.807) is 17.2 Å². The van der Waals surface area contributed by atoms with E-state index in [1.165, 1.54) is 6.08 Å². The van der Waals surface area contributed by atoms with Crippen molar-refractivity contribution in [2.45, 2.75) is 71.2 Å². The molecule has 12 heteroatoms. The van der Waals surface area contributed by atoms with Crippen molar-refractivity contribution in [3.05, 3.63) is 67.7 Å². The van der Waals surface area contributed by atoms with Crippen LogP contribution in [0.2, 0.25) is 0 Å². The van der Waals surface area contributed by atoms with Gasteiger partial charge in [-0.25, -0.2) is 9.29 Å². The second kappa shape index (κ2) is 14.1. The molecular weight excluding hydrogens is 525 g/mol. The topological polar surface area (TPSA) is 96.6 Å². The lowest BCUT2D eigenvalue weighted by molar-refractivity contribution is -0.118. The van der Waals surface area contributed by atoms with Gasteiger partial charge in [0.05, 0.1) is 6.10 Å². The van der Waals surface area contributed by atoms with Crippen LogP contribution in [-0.2, 0) is 23.4 Å². The Bertz CT molecular complexity index is 1030. The third-order valence-corrected chi connectivity index (χ3v) is 7.83. The predicted octanol–water partition coefficient (Wildman–Crippen LogP) is 4.37. The predicted molar refractivity (Wildman–Crippen MR) is 153 cm³/mol. The first kappa shape index (κ1) is 28.6. The minimum Gasteiger partial charge on any atom is -0.460 e. The quantitative estimate of drug-likeness (QED) is 0.112. The zero-order valence-electron chi connectivity index (χ0n) is 23.2. The van der Waals surface area contributed by atoms with Gasteiger partial charge in [0.1, 0.15) is 11.9 Å². The maximum absolute atomic E-state index is 11.9. The van der Waals surface area contributed by atoms with Gasteiger partial charge in [-0.1, -0.05) is 30.9 Å². The monoisotopic (exact) mass is 564 g/mol. The molecule has 0 saturated carbocycles. The van der Waals surface area contributed by atoms with Crippen LogP contribution < -0.4 is 16.1 Å². The highest BCUT2D eigenvalue weighted by atomic mass is 32.1. The van der Waals surface area contributed by atoms with E-state index in [2.05, 4.69) is 61.6 Å². The number of carbonyl (C=O) groups is 1. The lowest BCUT2D eigenvalue weighted by Gasteiger charge is -2.38. The first-order valence-electron chi connectivity index (χ1n) is 13.1. The molecule has 3 rings (SSSR count). The number of ether oxygens (including phenoxy) is 2. The highest BCUT2D eigenvalue weighted by molar-refractivity contribution is 7.80. The van der Waals surface area contributed by atoms with Gasteiger partial charge < -0.3 is 29.5 Å². The molecule has 38 heavy (non-hydrogen) atoms. The van der Waals surface area contributed by atoms with Gasteiger partial charge in [0.25, 0.3) is 19.6 Å². The first-order chi connectivity index (χ1) is 18.7. The van der Waals surface area contributed by atoms with Crippen LogP contribution in [0.4, 0.5) is 5.69 Å². The van der Waals surface area contributed by atoms with Crippen LogP contribution in [0.3, 0.4) is 0 Å². The molecule has 208 valence electrons. The molecule has 0 radical (unpaired) electrons. The fraction of sp³-hybridized carbons (Fsp3) is 0.462. The Balaban J connectivity index is 1.94. The van der Waals surface area contributed by atoms with E-state index in [-0.39, 0.29) is 30.1 Å². The Morgan fingerprint density at radius 3 is 2.63 bits per heavy atom. The average Bonchev–Trinajstić information content (AvgIpc) is 3.20. The Hall–Kier alpha value is -2.37.